The van der Waals surface area contributed by atoms with Crippen molar-refractivity contribution < 1.29 is 5.11 Å². The van der Waals surface area contributed by atoms with Crippen LogP contribution in [0.5, 0.6) is 0 Å². The molecule has 0 spiro atoms. The van der Waals surface area contributed by atoms with E-state index in [4.69, 9.17) is 11.6 Å². The molecule has 1 nitrogen and oxygen atoms in total. The predicted molar refractivity (Wildman–Crippen MR) is 91.4 cm³/mol. The van der Waals surface area contributed by atoms with Crippen molar-refractivity contribution in [1.29, 1.82) is 0 Å². The van der Waals surface area contributed by atoms with Gasteiger partial charge in [-0.25, -0.2) is 0 Å². The monoisotopic (exact) mass is 320 g/mol. The molecule has 0 unspecified atom stereocenters. The first-order valence-corrected chi connectivity index (χ1v) is 8.23. The minimum Gasteiger partial charge on any atom is -0.389 e. The van der Waals surface area contributed by atoms with Crippen molar-refractivity contribution in [3.63, 3.8) is 0 Å². The van der Waals surface area contributed by atoms with Crippen LogP contribution in [0.15, 0.2) is 52.3 Å². The maximum absolute atomic E-state index is 9.57. The van der Waals surface area contributed by atoms with Crippen LogP contribution in [0, 0.1) is 0 Å². The van der Waals surface area contributed by atoms with Crippen LogP contribution in [0.1, 0.15) is 44.9 Å². The lowest BCUT2D eigenvalue weighted by Crippen LogP contribution is -2.10. The fraction of sp³-hybridized carbons (Fsp3) is 0.333. The standard InChI is InChI=1S/C18H21ClOS/c1-12(20)13-5-10-17(16(19)11-13)21-15-8-6-14(7-9-15)18(2,3)4/h5-12,20H,1-4H3/t12-/m1/s1. The zero-order chi connectivity index (χ0) is 15.6. The molecule has 0 saturated heterocycles. The van der Waals surface area contributed by atoms with Crippen molar-refractivity contribution in [3.8, 4) is 0 Å². The topological polar surface area (TPSA) is 20.2 Å². The lowest BCUT2D eigenvalue weighted by molar-refractivity contribution is 0.199. The first-order chi connectivity index (χ1) is 9.77. The molecule has 2 aromatic rings. The Hall–Kier alpha value is -0.960. The molecule has 0 amide bonds. The lowest BCUT2D eigenvalue weighted by atomic mass is 9.87. The second-order valence-electron chi connectivity index (χ2n) is 6.24. The Morgan fingerprint density at radius 2 is 1.67 bits per heavy atom. The number of halogens is 1. The van der Waals surface area contributed by atoms with Crippen molar-refractivity contribution >= 4 is 23.4 Å². The maximum Gasteiger partial charge on any atom is 0.0762 e. The van der Waals surface area contributed by atoms with Crippen molar-refractivity contribution in [3.05, 3.63) is 58.6 Å². The second kappa shape index (κ2) is 6.43. The summed E-state index contributed by atoms with van der Waals surface area (Å²) >= 11 is 7.94. The lowest BCUT2D eigenvalue weighted by Gasteiger charge is -2.19. The van der Waals surface area contributed by atoms with Gasteiger partial charge in [-0.15, -0.1) is 0 Å². The smallest absolute Gasteiger partial charge is 0.0762 e. The molecule has 21 heavy (non-hydrogen) atoms. The third-order valence-electron chi connectivity index (χ3n) is 3.39. The van der Waals surface area contributed by atoms with Crippen LogP contribution < -0.4 is 0 Å². The second-order valence-corrected chi connectivity index (χ2v) is 7.76. The Balaban J connectivity index is 2.19. The van der Waals surface area contributed by atoms with Crippen LogP contribution in [0.3, 0.4) is 0 Å². The van der Waals surface area contributed by atoms with Gasteiger partial charge in [0.1, 0.15) is 0 Å². The molecule has 1 atom stereocenters. The van der Waals surface area contributed by atoms with Crippen LogP contribution in [0.2, 0.25) is 5.02 Å². The number of rotatable bonds is 3. The molecule has 2 rings (SSSR count). The number of aliphatic hydroxyl groups excluding tert-OH is 1. The summed E-state index contributed by atoms with van der Waals surface area (Å²) < 4.78 is 0. The van der Waals surface area contributed by atoms with Crippen LogP contribution in [-0.2, 0) is 5.41 Å². The average Bonchev–Trinajstić information content (AvgIpc) is 2.40. The fourth-order valence-electron chi connectivity index (χ4n) is 2.01. The molecule has 0 fully saturated rings. The zero-order valence-corrected chi connectivity index (χ0v) is 14.4. The zero-order valence-electron chi connectivity index (χ0n) is 12.9. The van der Waals surface area contributed by atoms with Crippen molar-refractivity contribution in [1.82, 2.24) is 0 Å². The SMILES string of the molecule is C[C@@H](O)c1ccc(Sc2ccc(C(C)(C)C)cc2)c(Cl)c1. The van der Waals surface area contributed by atoms with Crippen LogP contribution in [0.4, 0.5) is 0 Å². The van der Waals surface area contributed by atoms with E-state index >= 15 is 0 Å². The third-order valence-corrected chi connectivity index (χ3v) is 4.90. The normalized spacial score (nSPS) is 13.2. The quantitative estimate of drug-likeness (QED) is 0.766. The van der Waals surface area contributed by atoms with E-state index in [1.807, 2.05) is 18.2 Å². The highest BCUT2D eigenvalue weighted by Crippen LogP contribution is 2.35. The summed E-state index contributed by atoms with van der Waals surface area (Å²) in [5, 5.41) is 10.2. The molecule has 3 heteroatoms. The van der Waals surface area contributed by atoms with Gasteiger partial charge in [-0.1, -0.05) is 62.3 Å². The van der Waals surface area contributed by atoms with Gasteiger partial charge < -0.3 is 5.11 Å². The molecule has 0 aliphatic rings. The van der Waals surface area contributed by atoms with Crippen LogP contribution in [-0.4, -0.2) is 5.11 Å². The van der Waals surface area contributed by atoms with Gasteiger partial charge in [0.2, 0.25) is 0 Å². The van der Waals surface area contributed by atoms with Gasteiger partial charge >= 0.3 is 0 Å². The van der Waals surface area contributed by atoms with Gasteiger partial charge in [-0.2, -0.15) is 0 Å². The molecule has 0 saturated carbocycles. The van der Waals surface area contributed by atoms with Crippen molar-refractivity contribution in [2.45, 2.75) is 49.0 Å². The van der Waals surface area contributed by atoms with Gasteiger partial charge in [-0.3, -0.25) is 0 Å². The number of hydrogen-bond donors (Lipinski definition) is 1. The van der Waals surface area contributed by atoms with Crippen LogP contribution >= 0.6 is 23.4 Å². The van der Waals surface area contributed by atoms with Gasteiger partial charge in [0, 0.05) is 9.79 Å². The average molecular weight is 321 g/mol. The van der Waals surface area contributed by atoms with Crippen molar-refractivity contribution in [2.75, 3.05) is 0 Å². The first kappa shape index (κ1) is 16.4. The minimum absolute atomic E-state index is 0.166. The molecule has 112 valence electrons. The Bertz CT molecular complexity index is 612. The van der Waals surface area contributed by atoms with Gasteiger partial charge in [0.05, 0.1) is 11.1 Å². The van der Waals surface area contributed by atoms with E-state index in [9.17, 15) is 5.11 Å². The van der Waals surface area contributed by atoms with E-state index in [2.05, 4.69) is 45.0 Å². The molecule has 0 aliphatic heterocycles. The largest absolute Gasteiger partial charge is 0.389 e. The molecule has 0 bridgehead atoms. The molecule has 0 aliphatic carbocycles. The highest BCUT2D eigenvalue weighted by Gasteiger charge is 2.13. The summed E-state index contributed by atoms with van der Waals surface area (Å²) in [4.78, 5) is 2.17. The molecule has 2 aromatic carbocycles. The van der Waals surface area contributed by atoms with Gasteiger partial charge in [0.25, 0.3) is 0 Å². The Morgan fingerprint density at radius 1 is 1.05 bits per heavy atom. The molecule has 0 heterocycles. The summed E-state index contributed by atoms with van der Waals surface area (Å²) in [5.41, 5.74) is 2.33. The highest BCUT2D eigenvalue weighted by molar-refractivity contribution is 7.99. The molecule has 0 aromatic heterocycles. The number of benzene rings is 2. The summed E-state index contributed by atoms with van der Waals surface area (Å²) in [5.74, 6) is 0. The van der Waals surface area contributed by atoms with Crippen molar-refractivity contribution in [2.24, 2.45) is 0 Å². The fourth-order valence-corrected chi connectivity index (χ4v) is 3.13. The Kier molecular flexibility index (Phi) is 5.03. The van der Waals surface area contributed by atoms with Crippen LogP contribution in [0.25, 0.3) is 0 Å². The van der Waals surface area contributed by atoms with Gasteiger partial charge in [0.15, 0.2) is 0 Å². The summed E-state index contributed by atoms with van der Waals surface area (Å²) in [6, 6.07) is 14.3. The molecule has 0 radical (unpaired) electrons. The third kappa shape index (κ3) is 4.26. The van der Waals surface area contributed by atoms with E-state index in [-0.39, 0.29) is 5.41 Å². The van der Waals surface area contributed by atoms with Gasteiger partial charge in [-0.05, 0) is 47.7 Å². The summed E-state index contributed by atoms with van der Waals surface area (Å²) in [7, 11) is 0. The molecular weight excluding hydrogens is 300 g/mol. The molecule has 1 N–H and O–H groups in total. The maximum atomic E-state index is 9.57. The van der Waals surface area contributed by atoms with E-state index in [0.717, 1.165) is 15.4 Å². The van der Waals surface area contributed by atoms with E-state index in [1.165, 1.54) is 5.56 Å². The highest BCUT2D eigenvalue weighted by atomic mass is 35.5. The number of hydrogen-bond acceptors (Lipinski definition) is 2. The summed E-state index contributed by atoms with van der Waals surface area (Å²) in [6.07, 6.45) is -0.493. The Morgan fingerprint density at radius 3 is 2.14 bits per heavy atom. The minimum atomic E-state index is -0.493. The molecular formula is C18H21ClOS. The number of aliphatic hydroxyl groups is 1. The summed E-state index contributed by atoms with van der Waals surface area (Å²) in [6.45, 7) is 8.37. The Labute approximate surface area is 136 Å². The van der Waals surface area contributed by atoms with E-state index < -0.39 is 6.10 Å². The first-order valence-electron chi connectivity index (χ1n) is 7.03. The van der Waals surface area contributed by atoms with E-state index in [0.29, 0.717) is 5.02 Å². The predicted octanol–water partition coefficient (Wildman–Crippen LogP) is 5.84. The van der Waals surface area contributed by atoms with E-state index in [1.54, 1.807) is 18.7 Å².